The molecule has 3 rings (SSSR count). The largest absolute Gasteiger partial charge is 0.429 e. The van der Waals surface area contributed by atoms with Crippen LogP contribution in [0, 0.1) is 5.92 Å². The maximum atomic E-state index is 13.6. The molecule has 1 fully saturated rings. The predicted octanol–water partition coefficient (Wildman–Crippen LogP) is 1.17. The first-order valence-corrected chi connectivity index (χ1v) is 15.2. The van der Waals surface area contributed by atoms with Crippen LogP contribution in [0.5, 0.6) is 5.75 Å². The maximum Gasteiger partial charge on any atom is 0.298 e. The number of hydrogen-bond acceptors (Lipinski definition) is 8. The van der Waals surface area contributed by atoms with Crippen molar-refractivity contribution in [3.8, 4) is 5.75 Å². The van der Waals surface area contributed by atoms with Gasteiger partial charge in [0, 0.05) is 13.1 Å². The van der Waals surface area contributed by atoms with Crippen molar-refractivity contribution in [2.45, 2.75) is 50.2 Å². The van der Waals surface area contributed by atoms with Gasteiger partial charge in [-0.3, -0.25) is 19.3 Å². The third-order valence-electron chi connectivity index (χ3n) is 6.73. The number of nitrogens with one attached hydrogen (secondary N) is 2. The molecule has 0 aliphatic carbocycles. The summed E-state index contributed by atoms with van der Waals surface area (Å²) in [6, 6.07) is 13.8. The van der Waals surface area contributed by atoms with Crippen LogP contribution in [-0.4, -0.2) is 92.4 Å². The molecule has 0 bridgehead atoms. The van der Waals surface area contributed by atoms with E-state index in [-0.39, 0.29) is 61.5 Å². The molecule has 224 valence electrons. The lowest BCUT2D eigenvalue weighted by molar-refractivity contribution is -0.127. The number of aliphatic hydroxyl groups excluding tert-OH is 1. The quantitative estimate of drug-likeness (QED) is 0.248. The van der Waals surface area contributed by atoms with Crippen molar-refractivity contribution in [1.29, 1.82) is 0 Å². The minimum absolute atomic E-state index is 0.0204. The van der Waals surface area contributed by atoms with Gasteiger partial charge in [-0.1, -0.05) is 44.2 Å². The van der Waals surface area contributed by atoms with Gasteiger partial charge in [-0.05, 0) is 68.1 Å². The Morgan fingerprint density at radius 1 is 1.02 bits per heavy atom. The number of hydrogen-bond donors (Lipinski definition) is 3. The highest BCUT2D eigenvalue weighted by molar-refractivity contribution is 7.89. The van der Waals surface area contributed by atoms with Gasteiger partial charge in [0.05, 0.1) is 30.1 Å². The number of aliphatic hydroxyl groups is 1. The Kier molecular flexibility index (Phi) is 12.3. The standard InChI is InChI=1S/C29H40N4O7S/c1-22(2)18-33(41(38,39)25-12-10-24(11-13-25)40-21-34)19-27(35)26(16-23-8-4-3-5-9-23)31-28(36)17-30-29(37)20-32-14-6-7-15-32/h3-5,8-13,21-22,26-27,35H,6-7,14-20H2,1-2H3,(H,30,37)(H,31,36)/t26-,27+/m0/s1. The Balaban J connectivity index is 1.73. The van der Waals surface area contributed by atoms with E-state index in [1.54, 1.807) is 0 Å². The number of nitrogens with zero attached hydrogens (tertiary/aromatic N) is 2. The normalized spacial score (nSPS) is 15.4. The van der Waals surface area contributed by atoms with Gasteiger partial charge in [0.15, 0.2) is 0 Å². The molecular weight excluding hydrogens is 548 g/mol. The molecule has 41 heavy (non-hydrogen) atoms. The summed E-state index contributed by atoms with van der Waals surface area (Å²) < 4.78 is 33.1. The summed E-state index contributed by atoms with van der Waals surface area (Å²) in [6.45, 7) is 5.53. The molecule has 1 heterocycles. The van der Waals surface area contributed by atoms with Crippen LogP contribution < -0.4 is 15.4 Å². The van der Waals surface area contributed by atoms with E-state index >= 15 is 0 Å². The smallest absolute Gasteiger partial charge is 0.298 e. The average Bonchev–Trinajstić information content (AvgIpc) is 3.45. The van der Waals surface area contributed by atoms with Crippen molar-refractivity contribution in [3.63, 3.8) is 0 Å². The Morgan fingerprint density at radius 3 is 2.29 bits per heavy atom. The molecular formula is C29H40N4O7S. The highest BCUT2D eigenvalue weighted by atomic mass is 32.2. The maximum absolute atomic E-state index is 13.6. The van der Waals surface area contributed by atoms with E-state index in [0.29, 0.717) is 0 Å². The number of rotatable bonds is 16. The fourth-order valence-corrected chi connectivity index (χ4v) is 6.32. The first-order chi connectivity index (χ1) is 19.6. The van der Waals surface area contributed by atoms with E-state index in [1.807, 2.05) is 49.1 Å². The second-order valence-electron chi connectivity index (χ2n) is 10.6. The minimum atomic E-state index is -4.04. The summed E-state index contributed by atoms with van der Waals surface area (Å²) in [7, 11) is -4.04. The molecule has 0 spiro atoms. The van der Waals surface area contributed by atoms with Crippen molar-refractivity contribution in [3.05, 3.63) is 60.2 Å². The Labute approximate surface area is 241 Å². The third kappa shape index (κ3) is 10.2. The SMILES string of the molecule is CC(C)CN(C[C@@H](O)[C@H](Cc1ccccc1)NC(=O)CNC(=O)CN1CCCC1)S(=O)(=O)c1ccc(OC=O)cc1. The Hall–Kier alpha value is -3.32. The van der Waals surface area contributed by atoms with Crippen LogP contribution in [0.1, 0.15) is 32.3 Å². The number of sulfonamides is 1. The lowest BCUT2D eigenvalue weighted by Gasteiger charge is -2.31. The summed E-state index contributed by atoms with van der Waals surface area (Å²) in [4.78, 5) is 37.7. The van der Waals surface area contributed by atoms with Gasteiger partial charge in [0.25, 0.3) is 6.47 Å². The fraction of sp³-hybridized carbons (Fsp3) is 0.483. The van der Waals surface area contributed by atoms with Crippen molar-refractivity contribution >= 4 is 28.3 Å². The minimum Gasteiger partial charge on any atom is -0.429 e. The number of amides is 2. The summed E-state index contributed by atoms with van der Waals surface area (Å²) in [6.07, 6.45) is 1.10. The number of ether oxygens (including phenoxy) is 1. The molecule has 0 unspecified atom stereocenters. The topological polar surface area (TPSA) is 145 Å². The van der Waals surface area contributed by atoms with Gasteiger partial charge >= 0.3 is 0 Å². The second kappa shape index (κ2) is 15.6. The molecule has 0 saturated carbocycles. The first kappa shape index (κ1) is 32.2. The number of carbonyl (C=O) groups excluding carboxylic acids is 3. The summed E-state index contributed by atoms with van der Waals surface area (Å²) in [5, 5.41) is 16.7. The van der Waals surface area contributed by atoms with E-state index in [9.17, 15) is 27.9 Å². The monoisotopic (exact) mass is 588 g/mol. The molecule has 2 aromatic carbocycles. The average molecular weight is 589 g/mol. The molecule has 0 aromatic heterocycles. The molecule has 1 saturated heterocycles. The summed E-state index contributed by atoms with van der Waals surface area (Å²) in [5.41, 5.74) is 0.846. The van der Waals surface area contributed by atoms with Crippen LogP contribution >= 0.6 is 0 Å². The summed E-state index contributed by atoms with van der Waals surface area (Å²) >= 11 is 0. The van der Waals surface area contributed by atoms with Gasteiger partial charge in [0.1, 0.15) is 5.75 Å². The molecule has 1 aliphatic heterocycles. The van der Waals surface area contributed by atoms with Crippen LogP contribution in [-0.2, 0) is 30.8 Å². The van der Waals surface area contributed by atoms with E-state index in [0.717, 1.165) is 31.5 Å². The number of benzene rings is 2. The number of carbonyl (C=O) groups is 3. The lowest BCUT2D eigenvalue weighted by Crippen LogP contribution is -2.53. The highest BCUT2D eigenvalue weighted by Gasteiger charge is 2.31. The van der Waals surface area contributed by atoms with Gasteiger partial charge in [-0.25, -0.2) is 8.42 Å². The van der Waals surface area contributed by atoms with Crippen LogP contribution in [0.2, 0.25) is 0 Å². The first-order valence-electron chi connectivity index (χ1n) is 13.8. The Bertz CT molecular complexity index is 1230. The van der Waals surface area contributed by atoms with Crippen LogP contribution in [0.25, 0.3) is 0 Å². The molecule has 2 amide bonds. The number of likely N-dealkylation sites (tertiary alicyclic amines) is 1. The van der Waals surface area contributed by atoms with E-state index < -0.39 is 28.1 Å². The second-order valence-corrected chi connectivity index (χ2v) is 12.5. The molecule has 1 aliphatic rings. The van der Waals surface area contributed by atoms with Crippen LogP contribution in [0.15, 0.2) is 59.5 Å². The van der Waals surface area contributed by atoms with E-state index in [4.69, 9.17) is 4.74 Å². The molecule has 2 atom stereocenters. The van der Waals surface area contributed by atoms with Gasteiger partial charge < -0.3 is 20.5 Å². The lowest BCUT2D eigenvalue weighted by atomic mass is 10.0. The zero-order valence-electron chi connectivity index (χ0n) is 23.6. The van der Waals surface area contributed by atoms with Crippen molar-refractivity contribution in [2.75, 3.05) is 39.3 Å². The zero-order valence-corrected chi connectivity index (χ0v) is 24.4. The van der Waals surface area contributed by atoms with Crippen LogP contribution in [0.3, 0.4) is 0 Å². The highest BCUT2D eigenvalue weighted by Crippen LogP contribution is 2.22. The van der Waals surface area contributed by atoms with Crippen molar-refractivity contribution < 1.29 is 32.6 Å². The third-order valence-corrected chi connectivity index (χ3v) is 8.57. The Morgan fingerprint density at radius 2 is 1.68 bits per heavy atom. The molecule has 0 radical (unpaired) electrons. The fourth-order valence-electron chi connectivity index (χ4n) is 4.70. The van der Waals surface area contributed by atoms with E-state index in [1.165, 1.54) is 28.6 Å². The van der Waals surface area contributed by atoms with Crippen molar-refractivity contribution in [2.24, 2.45) is 5.92 Å². The van der Waals surface area contributed by atoms with E-state index in [2.05, 4.69) is 10.6 Å². The van der Waals surface area contributed by atoms with Crippen LogP contribution in [0.4, 0.5) is 0 Å². The van der Waals surface area contributed by atoms with Crippen molar-refractivity contribution in [1.82, 2.24) is 19.8 Å². The van der Waals surface area contributed by atoms with Gasteiger partial charge in [-0.15, -0.1) is 0 Å². The van der Waals surface area contributed by atoms with Gasteiger partial charge in [0.2, 0.25) is 21.8 Å². The van der Waals surface area contributed by atoms with Gasteiger partial charge in [-0.2, -0.15) is 4.31 Å². The molecule has 2 aromatic rings. The molecule has 3 N–H and O–H groups in total. The summed E-state index contributed by atoms with van der Waals surface area (Å²) in [5.74, 6) is -0.583. The molecule has 11 nitrogen and oxygen atoms in total. The predicted molar refractivity (Wildman–Crippen MR) is 153 cm³/mol. The molecule has 12 heteroatoms. The zero-order chi connectivity index (χ0) is 29.8.